The van der Waals surface area contributed by atoms with Crippen LogP contribution in [-0.4, -0.2) is 31.6 Å². The Kier molecular flexibility index (Phi) is 6.47. The quantitative estimate of drug-likeness (QED) is 0.617. The van der Waals surface area contributed by atoms with Gasteiger partial charge in [-0.05, 0) is 29.9 Å². The fourth-order valence-electron chi connectivity index (χ4n) is 3.52. The van der Waals surface area contributed by atoms with Crippen LogP contribution in [0, 0.1) is 11.8 Å². The summed E-state index contributed by atoms with van der Waals surface area (Å²) in [7, 11) is 1.75. The molecule has 0 saturated carbocycles. The van der Waals surface area contributed by atoms with Crippen LogP contribution in [0.5, 0.6) is 5.75 Å². The summed E-state index contributed by atoms with van der Waals surface area (Å²) in [6, 6.07) is 6.60. The molecule has 2 rings (SSSR count). The maximum atomic E-state index is 5.56. The van der Waals surface area contributed by atoms with Crippen LogP contribution in [0.25, 0.3) is 0 Å². The topological polar surface area (TPSA) is 24.5 Å². The van der Waals surface area contributed by atoms with Crippen LogP contribution in [-0.2, 0) is 13.1 Å². The lowest BCUT2D eigenvalue weighted by Crippen LogP contribution is -2.38. The van der Waals surface area contributed by atoms with Crippen molar-refractivity contribution < 1.29 is 4.74 Å². The summed E-state index contributed by atoms with van der Waals surface area (Å²) in [5.41, 5.74) is 2.54. The van der Waals surface area contributed by atoms with Gasteiger partial charge in [0.2, 0.25) is 0 Å². The first-order valence-corrected chi connectivity index (χ1v) is 8.32. The van der Waals surface area contributed by atoms with Crippen molar-refractivity contribution in [1.29, 1.82) is 0 Å². The average molecular weight is 302 g/mol. The standard InChI is InChI=1S/C19H30N2O/c1-5-8-20-11-18-7-6-17(10-19(18)22-4)14-21-12-15(2)9-16(3)13-21/h5-7,10,15-16,20H,1,8-9,11-14H2,2-4H3. The van der Waals surface area contributed by atoms with Gasteiger partial charge < -0.3 is 10.1 Å². The second-order valence-corrected chi connectivity index (χ2v) is 6.71. The van der Waals surface area contributed by atoms with Crippen LogP contribution in [0.4, 0.5) is 0 Å². The molecule has 1 N–H and O–H groups in total. The molecule has 1 aliphatic rings. The number of nitrogens with zero attached hydrogens (tertiary/aromatic N) is 1. The summed E-state index contributed by atoms with van der Waals surface area (Å²) in [4.78, 5) is 2.57. The van der Waals surface area contributed by atoms with Gasteiger partial charge >= 0.3 is 0 Å². The fraction of sp³-hybridized carbons (Fsp3) is 0.579. The summed E-state index contributed by atoms with van der Waals surface area (Å²) in [6.07, 6.45) is 3.23. The number of methoxy groups -OCH3 is 1. The van der Waals surface area contributed by atoms with Crippen LogP contribution >= 0.6 is 0 Å². The van der Waals surface area contributed by atoms with Crippen molar-refractivity contribution in [3.05, 3.63) is 42.0 Å². The monoisotopic (exact) mass is 302 g/mol. The number of nitrogens with one attached hydrogen (secondary N) is 1. The number of rotatable bonds is 7. The molecule has 1 aromatic carbocycles. The minimum absolute atomic E-state index is 0.799. The third kappa shape index (κ3) is 4.85. The van der Waals surface area contributed by atoms with E-state index in [-0.39, 0.29) is 0 Å². The van der Waals surface area contributed by atoms with Gasteiger partial charge in [-0.1, -0.05) is 32.1 Å². The molecular formula is C19H30N2O. The Bertz CT molecular complexity index is 476. The van der Waals surface area contributed by atoms with Gasteiger partial charge in [0.15, 0.2) is 0 Å². The highest BCUT2D eigenvalue weighted by Crippen LogP contribution is 2.25. The molecule has 0 aromatic heterocycles. The molecule has 0 amide bonds. The molecule has 3 nitrogen and oxygen atoms in total. The van der Waals surface area contributed by atoms with E-state index in [4.69, 9.17) is 4.74 Å². The van der Waals surface area contributed by atoms with E-state index < -0.39 is 0 Å². The Morgan fingerprint density at radius 1 is 1.32 bits per heavy atom. The van der Waals surface area contributed by atoms with E-state index in [9.17, 15) is 0 Å². The van der Waals surface area contributed by atoms with Gasteiger partial charge in [-0.25, -0.2) is 0 Å². The zero-order valence-corrected chi connectivity index (χ0v) is 14.3. The predicted molar refractivity (Wildman–Crippen MR) is 93.1 cm³/mol. The molecule has 0 radical (unpaired) electrons. The maximum Gasteiger partial charge on any atom is 0.123 e. The number of ether oxygens (including phenoxy) is 1. The molecule has 1 aliphatic heterocycles. The smallest absolute Gasteiger partial charge is 0.123 e. The van der Waals surface area contributed by atoms with Crippen LogP contribution < -0.4 is 10.1 Å². The van der Waals surface area contributed by atoms with E-state index in [0.717, 1.165) is 37.2 Å². The number of likely N-dealkylation sites (tertiary alicyclic amines) is 1. The molecule has 3 heteroatoms. The van der Waals surface area contributed by atoms with Gasteiger partial charge in [0.25, 0.3) is 0 Å². The number of piperidine rings is 1. The van der Waals surface area contributed by atoms with Crippen molar-refractivity contribution in [2.75, 3.05) is 26.7 Å². The van der Waals surface area contributed by atoms with Gasteiger partial charge in [-0.15, -0.1) is 6.58 Å². The largest absolute Gasteiger partial charge is 0.496 e. The Hall–Kier alpha value is -1.32. The Balaban J connectivity index is 2.00. The third-order valence-electron chi connectivity index (χ3n) is 4.31. The van der Waals surface area contributed by atoms with E-state index in [1.54, 1.807) is 7.11 Å². The lowest BCUT2D eigenvalue weighted by Gasteiger charge is -2.35. The highest BCUT2D eigenvalue weighted by atomic mass is 16.5. The molecule has 1 aromatic rings. The third-order valence-corrected chi connectivity index (χ3v) is 4.31. The van der Waals surface area contributed by atoms with Gasteiger partial charge in [-0.2, -0.15) is 0 Å². The van der Waals surface area contributed by atoms with Crippen molar-refractivity contribution in [2.45, 2.75) is 33.4 Å². The molecular weight excluding hydrogens is 272 g/mol. The molecule has 1 heterocycles. The van der Waals surface area contributed by atoms with Gasteiger partial charge in [0, 0.05) is 38.3 Å². The highest BCUT2D eigenvalue weighted by molar-refractivity contribution is 5.37. The minimum atomic E-state index is 0.799. The Labute approximate surface area is 135 Å². The van der Waals surface area contributed by atoms with Gasteiger partial charge in [0.1, 0.15) is 5.75 Å². The van der Waals surface area contributed by atoms with Crippen molar-refractivity contribution in [1.82, 2.24) is 10.2 Å². The Morgan fingerprint density at radius 2 is 2.05 bits per heavy atom. The summed E-state index contributed by atoms with van der Waals surface area (Å²) in [5.74, 6) is 2.58. The SMILES string of the molecule is C=CCNCc1ccc(CN2CC(C)CC(C)C2)cc1OC. The summed E-state index contributed by atoms with van der Waals surface area (Å²) >= 11 is 0. The van der Waals surface area contributed by atoms with Crippen molar-refractivity contribution in [2.24, 2.45) is 11.8 Å². The second-order valence-electron chi connectivity index (χ2n) is 6.71. The van der Waals surface area contributed by atoms with Crippen LogP contribution in [0.15, 0.2) is 30.9 Å². The molecule has 0 spiro atoms. The summed E-state index contributed by atoms with van der Waals surface area (Å²) in [5, 5.41) is 3.33. The highest BCUT2D eigenvalue weighted by Gasteiger charge is 2.21. The summed E-state index contributed by atoms with van der Waals surface area (Å²) < 4.78 is 5.56. The maximum absolute atomic E-state index is 5.56. The van der Waals surface area contributed by atoms with E-state index in [1.165, 1.54) is 30.6 Å². The average Bonchev–Trinajstić information content (AvgIpc) is 2.47. The normalized spacial score (nSPS) is 22.5. The van der Waals surface area contributed by atoms with Crippen molar-refractivity contribution in [3.63, 3.8) is 0 Å². The van der Waals surface area contributed by atoms with Crippen LogP contribution in [0.1, 0.15) is 31.4 Å². The van der Waals surface area contributed by atoms with E-state index in [0.29, 0.717) is 0 Å². The minimum Gasteiger partial charge on any atom is -0.496 e. The predicted octanol–water partition coefficient (Wildman–Crippen LogP) is 3.45. The molecule has 2 atom stereocenters. The molecule has 122 valence electrons. The van der Waals surface area contributed by atoms with Crippen LogP contribution in [0.2, 0.25) is 0 Å². The molecule has 0 aliphatic carbocycles. The first-order valence-electron chi connectivity index (χ1n) is 8.32. The molecule has 1 saturated heterocycles. The van der Waals surface area contributed by atoms with Gasteiger partial charge in [-0.3, -0.25) is 4.90 Å². The summed E-state index contributed by atoms with van der Waals surface area (Å²) in [6.45, 7) is 13.5. The molecule has 22 heavy (non-hydrogen) atoms. The van der Waals surface area contributed by atoms with Crippen molar-refractivity contribution in [3.8, 4) is 5.75 Å². The first kappa shape index (κ1) is 17.0. The lowest BCUT2D eigenvalue weighted by molar-refractivity contribution is 0.134. The number of hydrogen-bond acceptors (Lipinski definition) is 3. The molecule has 2 unspecified atom stereocenters. The zero-order chi connectivity index (χ0) is 15.9. The number of benzene rings is 1. The lowest BCUT2D eigenvalue weighted by atomic mass is 9.91. The fourth-order valence-corrected chi connectivity index (χ4v) is 3.52. The molecule has 0 bridgehead atoms. The first-order chi connectivity index (χ1) is 10.6. The van der Waals surface area contributed by atoms with Crippen molar-refractivity contribution >= 4 is 0 Å². The zero-order valence-electron chi connectivity index (χ0n) is 14.3. The van der Waals surface area contributed by atoms with E-state index in [1.807, 2.05) is 6.08 Å². The number of hydrogen-bond donors (Lipinski definition) is 1. The van der Waals surface area contributed by atoms with Crippen LogP contribution in [0.3, 0.4) is 0 Å². The van der Waals surface area contributed by atoms with Gasteiger partial charge in [0.05, 0.1) is 7.11 Å². The second kappa shape index (κ2) is 8.35. The van der Waals surface area contributed by atoms with E-state index >= 15 is 0 Å². The molecule has 1 fully saturated rings. The van der Waals surface area contributed by atoms with E-state index in [2.05, 4.69) is 48.8 Å². The Morgan fingerprint density at radius 3 is 2.68 bits per heavy atom.